The lowest BCUT2D eigenvalue weighted by atomic mass is 10.1. The zero-order valence-electron chi connectivity index (χ0n) is 12.7. The maximum absolute atomic E-state index is 10.9. The number of benzene rings is 1. The summed E-state index contributed by atoms with van der Waals surface area (Å²) in [4.78, 5) is 10.9. The van der Waals surface area contributed by atoms with Gasteiger partial charge < -0.3 is 23.8 Å². The second-order valence-electron chi connectivity index (χ2n) is 5.18. The van der Waals surface area contributed by atoms with Gasteiger partial charge in [-0.25, -0.2) is 4.79 Å². The molecule has 7 nitrogen and oxygen atoms in total. The van der Waals surface area contributed by atoms with E-state index in [4.69, 9.17) is 23.8 Å². The van der Waals surface area contributed by atoms with Crippen molar-refractivity contribution in [3.63, 3.8) is 0 Å². The van der Waals surface area contributed by atoms with Crippen LogP contribution < -0.4 is 9.47 Å². The number of carboxylic acid groups (broad SMARTS) is 1. The molecule has 0 bridgehead atoms. The Morgan fingerprint density at radius 3 is 2.70 bits per heavy atom. The van der Waals surface area contributed by atoms with Gasteiger partial charge in [-0.2, -0.15) is 0 Å². The summed E-state index contributed by atoms with van der Waals surface area (Å²) in [5.41, 5.74) is 0.530. The monoisotopic (exact) mass is 319 g/mol. The highest BCUT2D eigenvalue weighted by molar-refractivity contribution is 5.86. The fourth-order valence-electron chi connectivity index (χ4n) is 2.40. The quantitative estimate of drug-likeness (QED) is 0.905. The van der Waals surface area contributed by atoms with Crippen molar-refractivity contribution >= 4 is 5.97 Å². The van der Waals surface area contributed by atoms with Crippen molar-refractivity contribution in [2.24, 2.45) is 0 Å². The largest absolute Gasteiger partial charge is 0.493 e. The third kappa shape index (κ3) is 3.45. The Labute approximate surface area is 132 Å². The molecule has 1 fully saturated rings. The van der Waals surface area contributed by atoms with Crippen LogP contribution >= 0.6 is 0 Å². The van der Waals surface area contributed by atoms with Crippen LogP contribution in [0.4, 0.5) is 0 Å². The van der Waals surface area contributed by atoms with E-state index in [2.05, 4.69) is 5.16 Å². The van der Waals surface area contributed by atoms with E-state index in [1.54, 1.807) is 25.3 Å². The molecule has 23 heavy (non-hydrogen) atoms. The van der Waals surface area contributed by atoms with Gasteiger partial charge in [0.05, 0.1) is 20.3 Å². The van der Waals surface area contributed by atoms with Gasteiger partial charge >= 0.3 is 5.97 Å². The van der Waals surface area contributed by atoms with Crippen LogP contribution in [0.1, 0.15) is 23.3 Å². The predicted molar refractivity (Wildman–Crippen MR) is 79.9 cm³/mol. The van der Waals surface area contributed by atoms with Gasteiger partial charge in [0, 0.05) is 24.5 Å². The number of hydrogen-bond donors (Lipinski definition) is 1. The van der Waals surface area contributed by atoms with Crippen molar-refractivity contribution < 1.29 is 28.6 Å². The van der Waals surface area contributed by atoms with Crippen LogP contribution in [-0.4, -0.2) is 42.7 Å². The second-order valence-corrected chi connectivity index (χ2v) is 5.18. The number of aromatic nitrogens is 1. The Balaban J connectivity index is 1.82. The van der Waals surface area contributed by atoms with Gasteiger partial charge in [-0.15, -0.1) is 0 Å². The summed E-state index contributed by atoms with van der Waals surface area (Å²) in [6, 6.07) is 6.67. The van der Waals surface area contributed by atoms with Crippen LogP contribution in [0, 0.1) is 0 Å². The molecule has 0 aliphatic carbocycles. The minimum Gasteiger partial charge on any atom is -0.493 e. The lowest BCUT2D eigenvalue weighted by Gasteiger charge is -2.24. The summed E-state index contributed by atoms with van der Waals surface area (Å²) >= 11 is 0. The third-order valence-corrected chi connectivity index (χ3v) is 3.64. The first-order chi connectivity index (χ1) is 11.2. The third-order valence-electron chi connectivity index (χ3n) is 3.64. The van der Waals surface area contributed by atoms with Crippen LogP contribution in [0.3, 0.4) is 0 Å². The summed E-state index contributed by atoms with van der Waals surface area (Å²) in [5, 5.41) is 12.4. The second kappa shape index (κ2) is 6.70. The maximum atomic E-state index is 10.9. The Hall–Kier alpha value is -2.54. The van der Waals surface area contributed by atoms with Crippen molar-refractivity contribution in [2.45, 2.75) is 18.9 Å². The van der Waals surface area contributed by atoms with Crippen LogP contribution in [0.15, 0.2) is 28.8 Å². The van der Waals surface area contributed by atoms with Crippen LogP contribution in [-0.2, 0) is 4.74 Å². The SMILES string of the molecule is COc1cc(-c2cc(C(=O)O)no2)ccc1OC1CCOCC1. The van der Waals surface area contributed by atoms with Crippen LogP contribution in [0.25, 0.3) is 11.3 Å². The number of rotatable bonds is 5. The Bertz CT molecular complexity index is 690. The summed E-state index contributed by atoms with van der Waals surface area (Å²) in [6.45, 7) is 1.39. The highest BCUT2D eigenvalue weighted by atomic mass is 16.5. The first-order valence-electron chi connectivity index (χ1n) is 7.30. The molecular formula is C16H17NO6. The van der Waals surface area contributed by atoms with E-state index < -0.39 is 5.97 Å². The molecule has 0 radical (unpaired) electrons. The van der Waals surface area contributed by atoms with E-state index >= 15 is 0 Å². The lowest BCUT2D eigenvalue weighted by Crippen LogP contribution is -2.26. The molecular weight excluding hydrogens is 302 g/mol. The van der Waals surface area contributed by atoms with E-state index in [1.807, 2.05) is 0 Å². The summed E-state index contributed by atoms with van der Waals surface area (Å²) < 4.78 is 21.7. The van der Waals surface area contributed by atoms with Gasteiger partial charge in [0.2, 0.25) is 0 Å². The van der Waals surface area contributed by atoms with Gasteiger partial charge in [0.25, 0.3) is 0 Å². The molecule has 1 N–H and O–H groups in total. The van der Waals surface area contributed by atoms with Gasteiger partial charge in [-0.3, -0.25) is 0 Å². The number of hydrogen-bond acceptors (Lipinski definition) is 6. The number of methoxy groups -OCH3 is 1. The minimum atomic E-state index is -1.13. The predicted octanol–water partition coefficient (Wildman–Crippen LogP) is 2.61. The van der Waals surface area contributed by atoms with Crippen molar-refractivity contribution in [1.82, 2.24) is 5.16 Å². The molecule has 0 atom stereocenters. The first-order valence-corrected chi connectivity index (χ1v) is 7.30. The summed E-state index contributed by atoms with van der Waals surface area (Å²) in [6.07, 6.45) is 1.79. The zero-order valence-corrected chi connectivity index (χ0v) is 12.7. The molecule has 122 valence electrons. The average Bonchev–Trinajstić information content (AvgIpc) is 3.06. The van der Waals surface area contributed by atoms with E-state index in [-0.39, 0.29) is 11.8 Å². The molecule has 1 saturated heterocycles. The number of carboxylic acids is 1. The van der Waals surface area contributed by atoms with Gasteiger partial charge in [-0.1, -0.05) is 5.16 Å². The zero-order chi connectivity index (χ0) is 16.2. The smallest absolute Gasteiger partial charge is 0.358 e. The highest BCUT2D eigenvalue weighted by Gasteiger charge is 2.19. The molecule has 1 aromatic heterocycles. The molecule has 0 saturated carbocycles. The molecule has 0 unspecified atom stereocenters. The Kier molecular flexibility index (Phi) is 4.47. The molecule has 2 heterocycles. The number of aromatic carboxylic acids is 1. The van der Waals surface area contributed by atoms with Crippen molar-refractivity contribution in [2.75, 3.05) is 20.3 Å². The van der Waals surface area contributed by atoms with Crippen LogP contribution in [0.2, 0.25) is 0 Å². The normalized spacial score (nSPS) is 15.3. The fraction of sp³-hybridized carbons (Fsp3) is 0.375. The first kappa shape index (κ1) is 15.4. The van der Waals surface area contributed by atoms with E-state index in [9.17, 15) is 4.79 Å². The van der Waals surface area contributed by atoms with Crippen LogP contribution in [0.5, 0.6) is 11.5 Å². The molecule has 2 aromatic rings. The topological polar surface area (TPSA) is 91.0 Å². The van der Waals surface area contributed by atoms with Crippen molar-refractivity contribution in [3.8, 4) is 22.8 Å². The molecule has 0 spiro atoms. The number of carbonyl (C=O) groups is 1. The van der Waals surface area contributed by atoms with Gasteiger partial charge in [0.1, 0.15) is 6.10 Å². The van der Waals surface area contributed by atoms with Crippen molar-refractivity contribution in [1.29, 1.82) is 0 Å². The summed E-state index contributed by atoms with van der Waals surface area (Å²) in [5.74, 6) is 0.424. The van der Waals surface area contributed by atoms with E-state index in [1.165, 1.54) is 6.07 Å². The minimum absolute atomic E-state index is 0.104. The molecule has 1 aliphatic heterocycles. The fourth-order valence-corrected chi connectivity index (χ4v) is 2.40. The maximum Gasteiger partial charge on any atom is 0.358 e. The number of nitrogens with zero attached hydrogens (tertiary/aromatic N) is 1. The number of ether oxygens (including phenoxy) is 3. The molecule has 1 aliphatic rings. The van der Waals surface area contributed by atoms with Crippen molar-refractivity contribution in [3.05, 3.63) is 30.0 Å². The summed E-state index contributed by atoms with van der Waals surface area (Å²) in [7, 11) is 1.55. The van der Waals surface area contributed by atoms with E-state index in [0.29, 0.717) is 36.0 Å². The molecule has 0 amide bonds. The lowest BCUT2D eigenvalue weighted by molar-refractivity contribution is 0.0245. The Morgan fingerprint density at radius 2 is 2.04 bits per heavy atom. The molecule has 7 heteroatoms. The van der Waals surface area contributed by atoms with Gasteiger partial charge in [0.15, 0.2) is 23.0 Å². The van der Waals surface area contributed by atoms with E-state index in [0.717, 1.165) is 12.8 Å². The molecule has 3 rings (SSSR count). The molecule has 1 aromatic carbocycles. The Morgan fingerprint density at radius 1 is 1.26 bits per heavy atom. The standard InChI is InChI=1S/C16H17NO6/c1-20-15-8-10(14-9-12(16(18)19)17-23-14)2-3-13(15)22-11-4-6-21-7-5-11/h2-3,8-9,11H,4-7H2,1H3,(H,18,19). The highest BCUT2D eigenvalue weighted by Crippen LogP contribution is 2.34. The van der Waals surface area contributed by atoms with Gasteiger partial charge in [-0.05, 0) is 18.2 Å². The average molecular weight is 319 g/mol.